The number of halogens is 7. The van der Waals surface area contributed by atoms with Gasteiger partial charge in [-0.1, -0.05) is 31.1 Å². The third-order valence-electron chi connectivity index (χ3n) is 5.98. The van der Waals surface area contributed by atoms with E-state index in [1.54, 1.807) is 6.08 Å². The first kappa shape index (κ1) is 26.8. The van der Waals surface area contributed by atoms with Gasteiger partial charge < -0.3 is 10.6 Å². The predicted molar refractivity (Wildman–Crippen MR) is 117 cm³/mol. The van der Waals surface area contributed by atoms with Crippen LogP contribution in [0.15, 0.2) is 29.8 Å². The number of anilines is 1. The summed E-state index contributed by atoms with van der Waals surface area (Å²) in [6, 6.07) is 0.666. The number of amides is 2. The highest BCUT2D eigenvalue weighted by atomic mass is 28.3. The number of carbonyl (C=O) groups is 2. The Hall–Kier alpha value is -2.81. The van der Waals surface area contributed by atoms with Crippen molar-refractivity contribution in [1.82, 2.24) is 5.32 Å². The van der Waals surface area contributed by atoms with E-state index in [0.29, 0.717) is 30.5 Å². The molecule has 2 aliphatic rings. The summed E-state index contributed by atoms with van der Waals surface area (Å²) in [5.41, 5.74) is 1.79. The van der Waals surface area contributed by atoms with E-state index in [2.05, 4.69) is 16.8 Å². The van der Waals surface area contributed by atoms with Crippen LogP contribution in [0.1, 0.15) is 18.4 Å². The van der Waals surface area contributed by atoms with Crippen molar-refractivity contribution in [2.24, 2.45) is 17.8 Å². The Morgan fingerprint density at radius 1 is 1.06 bits per heavy atom. The maximum atomic E-state index is 13.6. The Bertz CT molecular complexity index is 1110. The first-order valence-electron chi connectivity index (χ1n) is 10.8. The lowest BCUT2D eigenvalue weighted by Crippen LogP contribution is -2.51. The fourth-order valence-electron chi connectivity index (χ4n) is 4.61. The van der Waals surface area contributed by atoms with Crippen molar-refractivity contribution in [3.8, 4) is 11.5 Å². The van der Waals surface area contributed by atoms with Crippen LogP contribution < -0.4 is 10.6 Å². The summed E-state index contributed by atoms with van der Waals surface area (Å²) >= 11 is 0. The van der Waals surface area contributed by atoms with Gasteiger partial charge in [0.25, 0.3) is 0 Å². The second-order valence-corrected chi connectivity index (χ2v) is 14.4. The fraction of sp³-hybridized carbons (Fsp3) is 0.478. The van der Waals surface area contributed by atoms with Crippen LogP contribution >= 0.6 is 0 Å². The monoisotopic (exact) mass is 520 g/mol. The summed E-state index contributed by atoms with van der Waals surface area (Å²) in [5, 5.41) is 4.16. The van der Waals surface area contributed by atoms with Gasteiger partial charge in [-0.2, -0.15) is 26.3 Å². The maximum absolute atomic E-state index is 13.6. The molecule has 2 N–H and O–H groups in total. The van der Waals surface area contributed by atoms with Crippen LogP contribution in [0.25, 0.3) is 0 Å². The lowest BCUT2D eigenvalue weighted by molar-refractivity contribution is -0.175. The molecule has 2 amide bonds. The summed E-state index contributed by atoms with van der Waals surface area (Å²) < 4.78 is 91.6. The third-order valence-corrected chi connectivity index (χ3v) is 6.88. The van der Waals surface area contributed by atoms with Crippen molar-refractivity contribution in [1.29, 1.82) is 0 Å². The third kappa shape index (κ3) is 6.06. The van der Waals surface area contributed by atoms with E-state index in [1.807, 2.05) is 25.0 Å². The number of carbonyl (C=O) groups excluding carboxylic acids is 2. The summed E-state index contributed by atoms with van der Waals surface area (Å²) in [5.74, 6) is -3.96. The van der Waals surface area contributed by atoms with Crippen LogP contribution in [-0.4, -0.2) is 32.1 Å². The highest BCUT2D eigenvalue weighted by Gasteiger charge is 2.56. The maximum Gasteiger partial charge on any atom is 0.471 e. The molecule has 3 rings (SSSR count). The van der Waals surface area contributed by atoms with Crippen LogP contribution in [0.3, 0.4) is 0 Å². The van der Waals surface area contributed by atoms with Gasteiger partial charge in [-0.15, -0.1) is 5.54 Å². The van der Waals surface area contributed by atoms with Crippen molar-refractivity contribution in [2.75, 3.05) is 5.32 Å². The molecule has 12 heteroatoms. The van der Waals surface area contributed by atoms with E-state index in [0.717, 1.165) is 6.07 Å². The second kappa shape index (κ2) is 9.33. The predicted octanol–water partition coefficient (Wildman–Crippen LogP) is 5.29. The van der Waals surface area contributed by atoms with Gasteiger partial charge in [-0.25, -0.2) is 4.39 Å². The van der Waals surface area contributed by atoms with Gasteiger partial charge in [0.2, 0.25) is 5.91 Å². The van der Waals surface area contributed by atoms with Gasteiger partial charge in [0.05, 0.1) is 11.5 Å². The topological polar surface area (TPSA) is 58.2 Å². The van der Waals surface area contributed by atoms with Crippen LogP contribution in [0.5, 0.6) is 0 Å². The number of alkyl halides is 6. The molecule has 0 radical (unpaired) electrons. The number of allylic oxidation sites excluding steroid dienone is 1. The van der Waals surface area contributed by atoms with Crippen molar-refractivity contribution in [2.45, 2.75) is 50.9 Å². The van der Waals surface area contributed by atoms with E-state index in [9.17, 15) is 40.3 Å². The minimum Gasteiger partial charge on any atom is -0.344 e. The summed E-state index contributed by atoms with van der Waals surface area (Å²) in [6.45, 7) is 6.01. The Morgan fingerprint density at radius 2 is 1.69 bits per heavy atom. The number of fused-ring (bicyclic) bond motifs is 2. The molecule has 35 heavy (non-hydrogen) atoms. The summed E-state index contributed by atoms with van der Waals surface area (Å²) in [4.78, 5) is 24.8. The molecule has 0 heterocycles. The quantitative estimate of drug-likeness (QED) is 0.323. The minimum atomic E-state index is -5.18. The smallest absolute Gasteiger partial charge is 0.344 e. The standard InChI is InChI=1S/C23H23F7N2O2Si/c1-35(2,3)10-4-5-13-14-7-8-15(13)19(32-21(34)23(28,29)30)18(14)20(33)31-12-6-9-17(24)16(11-12)22(25,26)27/h5-6,9,11,14-15,18-19H,7-8H2,1-3H3,(H,31,33)(H,32,34)/b13-5-/t14-,15+,18-,19+/m0/s1. The molecule has 0 saturated heterocycles. The molecule has 1 aromatic rings. The first-order valence-corrected chi connectivity index (χ1v) is 14.3. The van der Waals surface area contributed by atoms with E-state index in [-0.39, 0.29) is 5.69 Å². The molecule has 190 valence electrons. The molecule has 2 saturated carbocycles. The van der Waals surface area contributed by atoms with E-state index in [1.165, 1.54) is 0 Å². The second-order valence-electron chi connectivity index (χ2n) is 9.66. The Morgan fingerprint density at radius 3 is 2.26 bits per heavy atom. The van der Waals surface area contributed by atoms with Gasteiger partial charge in [0.1, 0.15) is 13.9 Å². The Kier molecular flexibility index (Phi) is 7.14. The first-order chi connectivity index (χ1) is 16.0. The van der Waals surface area contributed by atoms with Crippen LogP contribution in [0.4, 0.5) is 36.4 Å². The fourth-order valence-corrected chi connectivity index (χ4v) is 5.11. The largest absolute Gasteiger partial charge is 0.471 e. The molecular formula is C23H23F7N2O2Si. The van der Waals surface area contributed by atoms with Crippen LogP contribution in [0, 0.1) is 35.0 Å². The molecule has 0 aromatic heterocycles. The number of rotatable bonds is 3. The molecule has 0 spiro atoms. The lowest BCUT2D eigenvalue weighted by atomic mass is 9.83. The van der Waals surface area contributed by atoms with Crippen LogP contribution in [0.2, 0.25) is 19.6 Å². The van der Waals surface area contributed by atoms with Crippen molar-refractivity contribution >= 4 is 25.6 Å². The van der Waals surface area contributed by atoms with Crippen molar-refractivity contribution < 1.29 is 40.3 Å². The van der Waals surface area contributed by atoms with Gasteiger partial charge >= 0.3 is 18.3 Å². The number of nitrogens with one attached hydrogen (secondary N) is 2. The number of hydrogen-bond acceptors (Lipinski definition) is 2. The number of benzene rings is 1. The average Bonchev–Trinajstić information content (AvgIpc) is 3.22. The zero-order valence-corrected chi connectivity index (χ0v) is 20.0. The molecule has 4 atom stereocenters. The zero-order valence-electron chi connectivity index (χ0n) is 19.0. The summed E-state index contributed by atoms with van der Waals surface area (Å²) in [6.07, 6.45) is -7.74. The lowest BCUT2D eigenvalue weighted by Gasteiger charge is -2.30. The average molecular weight is 521 g/mol. The van der Waals surface area contributed by atoms with Gasteiger partial charge in [-0.05, 0) is 43.0 Å². The minimum absolute atomic E-state index is 0.364. The molecule has 4 nitrogen and oxygen atoms in total. The molecule has 0 aliphatic heterocycles. The van der Waals surface area contributed by atoms with Gasteiger partial charge in [-0.3, -0.25) is 9.59 Å². The van der Waals surface area contributed by atoms with Crippen molar-refractivity contribution in [3.63, 3.8) is 0 Å². The Balaban J connectivity index is 1.94. The molecular weight excluding hydrogens is 497 g/mol. The van der Waals surface area contributed by atoms with E-state index < -0.39 is 67.4 Å². The van der Waals surface area contributed by atoms with E-state index >= 15 is 0 Å². The molecule has 2 bridgehead atoms. The SMILES string of the molecule is C[Si](C)(C)C#C/C=C1\[C@H]2CC[C@@H]1[C@H](C(=O)Nc1ccc(F)c(C(F)(F)F)c1)[C@@H]2NC(=O)C(F)(F)F. The van der Waals surface area contributed by atoms with E-state index in [4.69, 9.17) is 0 Å². The molecule has 2 fully saturated rings. The van der Waals surface area contributed by atoms with Gasteiger partial charge in [0.15, 0.2) is 0 Å². The molecule has 1 aromatic carbocycles. The highest BCUT2D eigenvalue weighted by molar-refractivity contribution is 6.83. The normalized spacial score (nSPS) is 25.3. The molecule has 2 aliphatic carbocycles. The zero-order chi connectivity index (χ0) is 26.3. The van der Waals surface area contributed by atoms with Gasteiger partial charge in [0, 0.05) is 17.6 Å². The van der Waals surface area contributed by atoms with Crippen molar-refractivity contribution in [3.05, 3.63) is 41.2 Å². The number of hydrogen-bond donors (Lipinski definition) is 2. The van der Waals surface area contributed by atoms with Crippen LogP contribution in [-0.2, 0) is 15.8 Å². The molecule has 0 unspecified atom stereocenters. The highest BCUT2D eigenvalue weighted by Crippen LogP contribution is 2.53. The summed E-state index contributed by atoms with van der Waals surface area (Å²) in [7, 11) is -1.76. The Labute approximate surface area is 198 Å².